The van der Waals surface area contributed by atoms with Gasteiger partial charge >= 0.3 is 6.80 Å². The van der Waals surface area contributed by atoms with Crippen LogP contribution in [0.3, 0.4) is 0 Å². The van der Waals surface area contributed by atoms with Gasteiger partial charge in [0.2, 0.25) is 0 Å². The van der Waals surface area contributed by atoms with Crippen molar-refractivity contribution < 1.29 is 13.7 Å². The van der Waals surface area contributed by atoms with Crippen LogP contribution in [0.25, 0.3) is 0 Å². The zero-order valence-electron chi connectivity index (χ0n) is 4.66. The van der Waals surface area contributed by atoms with Gasteiger partial charge in [-0.1, -0.05) is 0 Å². The van der Waals surface area contributed by atoms with E-state index in [1.807, 2.05) is 0 Å². The van der Waals surface area contributed by atoms with Crippen LogP contribution in [-0.4, -0.2) is 13.4 Å². The first-order valence-electron chi connectivity index (χ1n) is 1.78. The Kier molecular flexibility index (Phi) is 3.68. The SMILES string of the molecule is COP(=O)(ON)SC. The molecule has 0 saturated carbocycles. The molecule has 0 saturated heterocycles. The summed E-state index contributed by atoms with van der Waals surface area (Å²) >= 11 is 0.958. The molecular weight excluding hydrogens is 149 g/mol. The van der Waals surface area contributed by atoms with E-state index in [2.05, 4.69) is 15.0 Å². The molecule has 0 rings (SSSR count). The molecule has 0 aromatic rings. The Labute approximate surface area is 52.0 Å². The van der Waals surface area contributed by atoms with Gasteiger partial charge in [-0.05, 0) is 17.6 Å². The van der Waals surface area contributed by atoms with Crippen LogP contribution >= 0.6 is 18.2 Å². The number of nitrogens with two attached hydrogens (primary N) is 1. The Hall–Kier alpha value is 0.460. The summed E-state index contributed by atoms with van der Waals surface area (Å²) < 4.78 is 19.2. The molecule has 0 radical (unpaired) electrons. The van der Waals surface area contributed by atoms with Crippen molar-refractivity contribution in [1.82, 2.24) is 0 Å². The zero-order chi connectivity index (χ0) is 6.62. The third kappa shape index (κ3) is 2.15. The van der Waals surface area contributed by atoms with E-state index in [4.69, 9.17) is 0 Å². The first kappa shape index (κ1) is 8.46. The maximum absolute atomic E-state index is 10.7. The summed E-state index contributed by atoms with van der Waals surface area (Å²) in [5.41, 5.74) is 0. The predicted molar refractivity (Wildman–Crippen MR) is 33.4 cm³/mol. The first-order valence-corrected chi connectivity index (χ1v) is 5.16. The second-order valence-corrected chi connectivity index (χ2v) is 5.19. The molecule has 50 valence electrons. The van der Waals surface area contributed by atoms with E-state index < -0.39 is 6.80 Å². The Bertz CT molecular complexity index is 88.4. The summed E-state index contributed by atoms with van der Waals surface area (Å²) in [6, 6.07) is 0. The standard InChI is InChI=1S/C2H8NO3PS/c1-5-7(4,6-3)8-2/h3H2,1-2H3. The maximum Gasteiger partial charge on any atom is 0.404 e. The molecule has 2 N–H and O–H groups in total. The molecule has 6 heteroatoms. The van der Waals surface area contributed by atoms with E-state index in [0.29, 0.717) is 0 Å². The first-order chi connectivity index (χ1) is 3.68. The van der Waals surface area contributed by atoms with Gasteiger partial charge in [-0.2, -0.15) is 0 Å². The Morgan fingerprint density at radius 3 is 2.25 bits per heavy atom. The molecule has 0 aliphatic heterocycles. The normalized spacial score (nSPS) is 17.9. The molecule has 0 amide bonds. The molecule has 0 bridgehead atoms. The van der Waals surface area contributed by atoms with Gasteiger partial charge in [-0.25, -0.2) is 15.1 Å². The van der Waals surface area contributed by atoms with Crippen molar-refractivity contribution in [3.63, 3.8) is 0 Å². The molecule has 0 aliphatic rings. The van der Waals surface area contributed by atoms with E-state index in [0.717, 1.165) is 11.4 Å². The quantitative estimate of drug-likeness (QED) is 0.489. The highest BCUT2D eigenvalue weighted by Crippen LogP contribution is 2.56. The Morgan fingerprint density at radius 1 is 1.75 bits per heavy atom. The average Bonchev–Trinajstić information content (AvgIpc) is 1.87. The third-order valence-electron chi connectivity index (χ3n) is 0.576. The molecule has 0 fully saturated rings. The largest absolute Gasteiger partial charge is 0.404 e. The number of rotatable bonds is 3. The highest BCUT2D eigenvalue weighted by Gasteiger charge is 2.18. The second kappa shape index (κ2) is 3.48. The minimum absolute atomic E-state index is 0.958. The lowest BCUT2D eigenvalue weighted by molar-refractivity contribution is 0.257. The molecule has 8 heavy (non-hydrogen) atoms. The zero-order valence-corrected chi connectivity index (χ0v) is 6.37. The Balaban J connectivity index is 3.79. The minimum atomic E-state index is -2.97. The van der Waals surface area contributed by atoms with Gasteiger partial charge in [0.15, 0.2) is 0 Å². The lowest BCUT2D eigenvalue weighted by Crippen LogP contribution is -1.94. The fraction of sp³-hybridized carbons (Fsp3) is 1.00. The molecule has 1 unspecified atom stereocenters. The smallest absolute Gasteiger partial charge is 0.303 e. The van der Waals surface area contributed by atoms with Crippen molar-refractivity contribution in [2.75, 3.05) is 13.4 Å². The van der Waals surface area contributed by atoms with E-state index in [9.17, 15) is 4.57 Å². The van der Waals surface area contributed by atoms with Crippen LogP contribution in [0, 0.1) is 0 Å². The fourth-order valence-electron chi connectivity index (χ4n) is 0.161. The molecule has 0 aromatic heterocycles. The molecule has 0 aromatic carbocycles. The number of hydrogen-bond acceptors (Lipinski definition) is 5. The van der Waals surface area contributed by atoms with Crippen molar-refractivity contribution in [1.29, 1.82) is 0 Å². The minimum Gasteiger partial charge on any atom is -0.303 e. The van der Waals surface area contributed by atoms with E-state index in [-0.39, 0.29) is 0 Å². The predicted octanol–water partition coefficient (Wildman–Crippen LogP) is 0.994. The van der Waals surface area contributed by atoms with Gasteiger partial charge in [0.1, 0.15) is 0 Å². The summed E-state index contributed by atoms with van der Waals surface area (Å²) in [4.78, 5) is 0. The summed E-state index contributed by atoms with van der Waals surface area (Å²) in [6.07, 6.45) is 1.59. The van der Waals surface area contributed by atoms with Gasteiger partial charge in [0, 0.05) is 7.11 Å². The van der Waals surface area contributed by atoms with Crippen LogP contribution in [0.5, 0.6) is 0 Å². The lowest BCUT2D eigenvalue weighted by Gasteiger charge is -2.06. The van der Waals surface area contributed by atoms with Crippen molar-refractivity contribution >= 4 is 18.2 Å². The average molecular weight is 157 g/mol. The van der Waals surface area contributed by atoms with Crippen molar-refractivity contribution in [3.05, 3.63) is 0 Å². The highest BCUT2D eigenvalue weighted by atomic mass is 32.7. The van der Waals surface area contributed by atoms with E-state index in [1.54, 1.807) is 6.26 Å². The van der Waals surface area contributed by atoms with Crippen LogP contribution in [-0.2, 0) is 13.7 Å². The van der Waals surface area contributed by atoms with E-state index >= 15 is 0 Å². The molecule has 4 nitrogen and oxygen atoms in total. The van der Waals surface area contributed by atoms with Crippen LogP contribution in [0.15, 0.2) is 0 Å². The highest BCUT2D eigenvalue weighted by molar-refractivity contribution is 8.54. The van der Waals surface area contributed by atoms with Crippen LogP contribution < -0.4 is 5.90 Å². The van der Waals surface area contributed by atoms with Gasteiger partial charge in [0.25, 0.3) is 0 Å². The second-order valence-electron chi connectivity index (χ2n) is 0.918. The summed E-state index contributed by atoms with van der Waals surface area (Å²) in [5.74, 6) is 4.62. The maximum atomic E-state index is 10.7. The van der Waals surface area contributed by atoms with Gasteiger partial charge < -0.3 is 4.52 Å². The van der Waals surface area contributed by atoms with Gasteiger partial charge in [-0.3, -0.25) is 0 Å². The monoisotopic (exact) mass is 157 g/mol. The van der Waals surface area contributed by atoms with Crippen LogP contribution in [0.1, 0.15) is 0 Å². The van der Waals surface area contributed by atoms with E-state index in [1.165, 1.54) is 7.11 Å². The summed E-state index contributed by atoms with van der Waals surface area (Å²) in [7, 11) is 1.28. The van der Waals surface area contributed by atoms with Gasteiger partial charge in [-0.15, -0.1) is 0 Å². The molecule has 1 atom stereocenters. The Morgan fingerprint density at radius 2 is 2.25 bits per heavy atom. The van der Waals surface area contributed by atoms with Gasteiger partial charge in [0.05, 0.1) is 0 Å². The molecular formula is C2H8NO3PS. The molecule has 0 spiro atoms. The van der Waals surface area contributed by atoms with Crippen LogP contribution in [0.2, 0.25) is 0 Å². The fourth-order valence-corrected chi connectivity index (χ4v) is 1.19. The number of hydrogen-bond donors (Lipinski definition) is 1. The van der Waals surface area contributed by atoms with Crippen molar-refractivity contribution in [2.45, 2.75) is 0 Å². The lowest BCUT2D eigenvalue weighted by atomic mass is 11.8. The molecule has 0 aliphatic carbocycles. The van der Waals surface area contributed by atoms with Crippen molar-refractivity contribution in [3.8, 4) is 0 Å². The van der Waals surface area contributed by atoms with Crippen LogP contribution in [0.4, 0.5) is 0 Å². The third-order valence-corrected chi connectivity index (χ3v) is 3.78. The topological polar surface area (TPSA) is 61.5 Å². The summed E-state index contributed by atoms with van der Waals surface area (Å²) in [5, 5.41) is 0. The summed E-state index contributed by atoms with van der Waals surface area (Å²) in [6.45, 7) is -2.97. The molecule has 0 heterocycles. The van der Waals surface area contributed by atoms with Crippen molar-refractivity contribution in [2.24, 2.45) is 5.90 Å².